The van der Waals surface area contributed by atoms with Gasteiger partial charge in [0, 0.05) is 6.54 Å². The van der Waals surface area contributed by atoms with Crippen LogP contribution in [0, 0.1) is 0 Å². The van der Waals surface area contributed by atoms with E-state index in [1.807, 2.05) is 0 Å². The zero-order valence-corrected chi connectivity index (χ0v) is 21.9. The maximum atomic E-state index is 13.0. The first kappa shape index (κ1) is 30.6. The van der Waals surface area contributed by atoms with Crippen molar-refractivity contribution in [3.63, 3.8) is 0 Å². The van der Waals surface area contributed by atoms with Crippen molar-refractivity contribution in [2.45, 2.75) is 25.6 Å². The van der Waals surface area contributed by atoms with E-state index < -0.39 is 49.0 Å². The average molecular weight is 579 g/mol. The number of esters is 1. The Balaban J connectivity index is 1.68. The van der Waals surface area contributed by atoms with Crippen LogP contribution in [0.4, 0.5) is 10.5 Å². The monoisotopic (exact) mass is 578 g/mol. The lowest BCUT2D eigenvalue weighted by atomic mass is 10.1. The largest absolute Gasteiger partial charge is 0.481 e. The SMILES string of the molecule is NC(N)=Nc1ccc(C(=O)Oc2ccc(COC(=O)N(Cc3cccc(C(=O)O)c3)C(CC(=O)O)C(=O)O)cc2)cc1. The van der Waals surface area contributed by atoms with Crippen molar-refractivity contribution in [1.82, 2.24) is 4.90 Å². The van der Waals surface area contributed by atoms with E-state index in [4.69, 9.17) is 20.9 Å². The Morgan fingerprint density at radius 3 is 2.07 bits per heavy atom. The van der Waals surface area contributed by atoms with E-state index in [0.717, 1.165) is 0 Å². The quantitative estimate of drug-likeness (QED) is 0.0903. The number of carbonyl (C=O) groups excluding carboxylic acids is 2. The van der Waals surface area contributed by atoms with Crippen molar-refractivity contribution in [3.05, 3.63) is 95.1 Å². The number of carbonyl (C=O) groups is 5. The van der Waals surface area contributed by atoms with Gasteiger partial charge in [0.2, 0.25) is 0 Å². The lowest BCUT2D eigenvalue weighted by Crippen LogP contribution is -2.46. The maximum Gasteiger partial charge on any atom is 0.411 e. The van der Waals surface area contributed by atoms with Crippen LogP contribution in [0.15, 0.2) is 77.8 Å². The van der Waals surface area contributed by atoms with Gasteiger partial charge in [0.05, 0.1) is 23.2 Å². The van der Waals surface area contributed by atoms with Crippen LogP contribution in [-0.2, 0) is 27.5 Å². The molecule has 0 aliphatic rings. The molecule has 0 spiro atoms. The molecule has 1 unspecified atom stereocenters. The Bertz CT molecular complexity index is 1500. The van der Waals surface area contributed by atoms with Crippen LogP contribution in [0.5, 0.6) is 5.75 Å². The number of hydrogen-bond acceptors (Lipinski definition) is 8. The number of amides is 1. The van der Waals surface area contributed by atoms with Crippen LogP contribution in [0.2, 0.25) is 0 Å². The molecule has 3 aromatic rings. The molecule has 0 bridgehead atoms. The van der Waals surface area contributed by atoms with Gasteiger partial charge in [0.1, 0.15) is 18.4 Å². The van der Waals surface area contributed by atoms with Gasteiger partial charge in [-0.05, 0) is 59.7 Å². The highest BCUT2D eigenvalue weighted by Gasteiger charge is 2.33. The van der Waals surface area contributed by atoms with Gasteiger partial charge >= 0.3 is 30.0 Å². The van der Waals surface area contributed by atoms with Crippen LogP contribution in [0.1, 0.15) is 38.3 Å². The molecule has 14 heteroatoms. The molecular formula is C28H26N4O10. The van der Waals surface area contributed by atoms with Gasteiger partial charge in [-0.1, -0.05) is 24.3 Å². The number of aromatic carboxylic acids is 1. The molecule has 42 heavy (non-hydrogen) atoms. The number of ether oxygens (including phenoxy) is 2. The van der Waals surface area contributed by atoms with Gasteiger partial charge in [-0.25, -0.2) is 24.2 Å². The summed E-state index contributed by atoms with van der Waals surface area (Å²) in [6.45, 7) is -0.754. The van der Waals surface area contributed by atoms with E-state index >= 15 is 0 Å². The predicted molar refractivity (Wildman–Crippen MR) is 146 cm³/mol. The molecule has 7 N–H and O–H groups in total. The molecule has 3 rings (SSSR count). The van der Waals surface area contributed by atoms with E-state index in [1.165, 1.54) is 72.8 Å². The summed E-state index contributed by atoms with van der Waals surface area (Å²) in [5.74, 6) is -4.87. The lowest BCUT2D eigenvalue weighted by molar-refractivity contribution is -0.149. The van der Waals surface area contributed by atoms with Gasteiger partial charge in [0.25, 0.3) is 0 Å². The molecule has 0 radical (unpaired) electrons. The molecule has 0 saturated carbocycles. The zero-order chi connectivity index (χ0) is 30.8. The molecule has 0 aromatic heterocycles. The summed E-state index contributed by atoms with van der Waals surface area (Å²) in [6, 6.07) is 15.6. The number of guanidine groups is 1. The lowest BCUT2D eigenvalue weighted by Gasteiger charge is -2.27. The third-order valence-electron chi connectivity index (χ3n) is 5.65. The number of aliphatic imine (C=N–C) groups is 1. The summed E-state index contributed by atoms with van der Waals surface area (Å²) < 4.78 is 10.6. The van der Waals surface area contributed by atoms with Crippen molar-refractivity contribution < 1.29 is 48.8 Å². The van der Waals surface area contributed by atoms with Crippen LogP contribution >= 0.6 is 0 Å². The van der Waals surface area contributed by atoms with Crippen LogP contribution in [0.3, 0.4) is 0 Å². The number of benzene rings is 3. The van der Waals surface area contributed by atoms with Gasteiger partial charge in [-0.2, -0.15) is 0 Å². The fourth-order valence-electron chi connectivity index (χ4n) is 3.67. The highest BCUT2D eigenvalue weighted by atomic mass is 16.6. The molecule has 0 saturated heterocycles. The summed E-state index contributed by atoms with van der Waals surface area (Å²) in [6.07, 6.45) is -2.05. The molecule has 1 atom stereocenters. The number of hydrogen-bond donors (Lipinski definition) is 5. The number of aliphatic carboxylic acids is 2. The number of rotatable bonds is 12. The second-order valence-corrected chi connectivity index (χ2v) is 8.76. The van der Waals surface area contributed by atoms with Crippen molar-refractivity contribution in [3.8, 4) is 5.75 Å². The van der Waals surface area contributed by atoms with Gasteiger partial charge in [-0.15, -0.1) is 0 Å². The first-order chi connectivity index (χ1) is 19.9. The Labute approximate surface area is 238 Å². The van der Waals surface area contributed by atoms with Gasteiger partial charge in [-0.3, -0.25) is 9.69 Å². The molecule has 218 valence electrons. The molecule has 14 nitrogen and oxygen atoms in total. The normalized spacial score (nSPS) is 11.0. The predicted octanol–water partition coefficient (Wildman–Crippen LogP) is 2.58. The third kappa shape index (κ3) is 8.81. The number of carboxylic acid groups (broad SMARTS) is 3. The number of carboxylic acids is 3. The minimum absolute atomic E-state index is 0.102. The minimum atomic E-state index is -1.79. The van der Waals surface area contributed by atoms with Crippen molar-refractivity contribution in [2.75, 3.05) is 0 Å². The Kier molecular flexibility index (Phi) is 10.2. The minimum Gasteiger partial charge on any atom is -0.481 e. The van der Waals surface area contributed by atoms with Gasteiger partial charge < -0.3 is 36.3 Å². The van der Waals surface area contributed by atoms with E-state index in [0.29, 0.717) is 16.2 Å². The Hall–Kier alpha value is -5.92. The number of nitrogens with two attached hydrogens (primary N) is 2. The molecular weight excluding hydrogens is 552 g/mol. The fraction of sp³-hybridized carbons (Fsp3) is 0.143. The van der Waals surface area contributed by atoms with Crippen molar-refractivity contribution in [1.29, 1.82) is 0 Å². The third-order valence-corrected chi connectivity index (χ3v) is 5.65. The first-order valence-corrected chi connectivity index (χ1v) is 12.1. The first-order valence-electron chi connectivity index (χ1n) is 12.1. The molecule has 3 aromatic carbocycles. The molecule has 0 fully saturated rings. The topological polar surface area (TPSA) is 232 Å². The molecule has 0 aliphatic carbocycles. The van der Waals surface area contributed by atoms with E-state index in [2.05, 4.69) is 4.99 Å². The summed E-state index contributed by atoms with van der Waals surface area (Å²) in [4.78, 5) is 64.4. The average Bonchev–Trinajstić information content (AvgIpc) is 2.94. The summed E-state index contributed by atoms with van der Waals surface area (Å²) >= 11 is 0. The molecule has 0 aliphatic heterocycles. The standard InChI is InChI=1S/C28H26N4O10/c29-27(30)31-20-8-6-18(7-9-20)26(39)42-21-10-4-16(5-11-21)15-41-28(40)32(22(25(37)38)13-23(33)34)14-17-2-1-3-19(12-17)24(35)36/h1-12,22H,13-15H2,(H,33,34)(H,35,36)(H,37,38)(H4,29,30,31). The highest BCUT2D eigenvalue weighted by Crippen LogP contribution is 2.19. The Morgan fingerprint density at radius 1 is 0.833 bits per heavy atom. The van der Waals surface area contributed by atoms with Crippen molar-refractivity contribution in [2.24, 2.45) is 16.5 Å². The summed E-state index contributed by atoms with van der Waals surface area (Å²) in [7, 11) is 0. The fourth-order valence-corrected chi connectivity index (χ4v) is 3.67. The van der Waals surface area contributed by atoms with Crippen LogP contribution in [-0.4, -0.2) is 62.2 Å². The highest BCUT2D eigenvalue weighted by molar-refractivity contribution is 5.91. The van der Waals surface area contributed by atoms with E-state index in [-0.39, 0.29) is 35.0 Å². The zero-order valence-electron chi connectivity index (χ0n) is 21.9. The van der Waals surface area contributed by atoms with E-state index in [9.17, 15) is 39.3 Å². The second kappa shape index (κ2) is 13.9. The number of nitrogens with zero attached hydrogens (tertiary/aromatic N) is 2. The van der Waals surface area contributed by atoms with Crippen LogP contribution < -0.4 is 16.2 Å². The smallest absolute Gasteiger partial charge is 0.411 e. The van der Waals surface area contributed by atoms with Gasteiger partial charge in [0.15, 0.2) is 5.96 Å². The van der Waals surface area contributed by atoms with Crippen LogP contribution in [0.25, 0.3) is 0 Å². The second-order valence-electron chi connectivity index (χ2n) is 8.76. The summed E-state index contributed by atoms with van der Waals surface area (Å²) in [5, 5.41) is 28.0. The maximum absolute atomic E-state index is 13.0. The van der Waals surface area contributed by atoms with Crippen molar-refractivity contribution >= 4 is 41.6 Å². The molecule has 1 amide bonds. The Morgan fingerprint density at radius 2 is 1.50 bits per heavy atom. The summed E-state index contributed by atoms with van der Waals surface area (Å²) in [5.41, 5.74) is 11.9. The molecule has 0 heterocycles. The van der Waals surface area contributed by atoms with E-state index in [1.54, 1.807) is 0 Å².